The van der Waals surface area contributed by atoms with Gasteiger partial charge in [-0.25, -0.2) is 4.98 Å². The topological polar surface area (TPSA) is 71.6 Å². The number of hydrogen-bond acceptors (Lipinski definition) is 5. The summed E-state index contributed by atoms with van der Waals surface area (Å²) >= 11 is 3.17. The molecule has 0 unspecified atom stereocenters. The molecule has 5 nitrogen and oxygen atoms in total. The van der Waals surface area contributed by atoms with Crippen LogP contribution in [0.4, 0.5) is 0 Å². The number of quaternary nitrogens is 1. The summed E-state index contributed by atoms with van der Waals surface area (Å²) in [6, 6.07) is 12.6. The standard InChI is InChI=1S/C21H19N3O2S2/c1-12(22-15-8-9-26-16-6-3-2-5-13(15)16)19-23-20(25)18-14(11-28-21(18)24-19)17-7-4-10-27-17/h2-7,10-12,15,22H,8-9H2,1H3,(H,23,24,25)/p+1/t12-,15+/m1/s1. The number of nitrogens with two attached hydrogens (primary N) is 1. The highest BCUT2D eigenvalue weighted by molar-refractivity contribution is 7.18. The molecule has 0 fully saturated rings. The lowest BCUT2D eigenvalue weighted by molar-refractivity contribution is -0.734. The third-order valence-corrected chi connectivity index (χ3v) is 6.98. The van der Waals surface area contributed by atoms with Gasteiger partial charge in [0.2, 0.25) is 0 Å². The Kier molecular flexibility index (Phi) is 4.50. The third kappa shape index (κ3) is 3.05. The Labute approximate surface area is 170 Å². The van der Waals surface area contributed by atoms with E-state index in [0.29, 0.717) is 18.0 Å². The largest absolute Gasteiger partial charge is 0.493 e. The molecule has 0 radical (unpaired) electrons. The van der Waals surface area contributed by atoms with Gasteiger partial charge in [0.15, 0.2) is 5.82 Å². The zero-order chi connectivity index (χ0) is 19.1. The quantitative estimate of drug-likeness (QED) is 0.537. The van der Waals surface area contributed by atoms with Crippen molar-refractivity contribution in [2.24, 2.45) is 0 Å². The molecule has 0 bridgehead atoms. The molecule has 0 amide bonds. The molecule has 0 aliphatic carbocycles. The minimum atomic E-state index is -0.0581. The van der Waals surface area contributed by atoms with Crippen LogP contribution in [-0.4, -0.2) is 16.6 Å². The Morgan fingerprint density at radius 2 is 2.14 bits per heavy atom. The Morgan fingerprint density at radius 1 is 1.25 bits per heavy atom. The lowest BCUT2D eigenvalue weighted by Gasteiger charge is -2.26. The number of nitrogens with one attached hydrogen (secondary N) is 1. The highest BCUT2D eigenvalue weighted by atomic mass is 32.1. The van der Waals surface area contributed by atoms with Crippen LogP contribution in [0.2, 0.25) is 0 Å². The minimum Gasteiger partial charge on any atom is -0.493 e. The maximum absolute atomic E-state index is 12.9. The maximum Gasteiger partial charge on any atom is 0.260 e. The smallest absolute Gasteiger partial charge is 0.260 e. The molecule has 5 rings (SSSR count). The lowest BCUT2D eigenvalue weighted by Crippen LogP contribution is -2.86. The van der Waals surface area contributed by atoms with Gasteiger partial charge >= 0.3 is 0 Å². The van der Waals surface area contributed by atoms with Gasteiger partial charge in [0.1, 0.15) is 22.7 Å². The average molecular weight is 411 g/mol. The number of thiophene rings is 2. The summed E-state index contributed by atoms with van der Waals surface area (Å²) in [6.07, 6.45) is 0.940. The Bertz CT molecular complexity index is 1180. The van der Waals surface area contributed by atoms with Crippen LogP contribution in [-0.2, 0) is 0 Å². The number of aromatic nitrogens is 2. The summed E-state index contributed by atoms with van der Waals surface area (Å²) < 4.78 is 5.77. The van der Waals surface area contributed by atoms with Crippen LogP contribution in [0.1, 0.15) is 36.8 Å². The minimum absolute atomic E-state index is 0.0422. The molecule has 0 saturated carbocycles. The predicted molar refractivity (Wildman–Crippen MR) is 113 cm³/mol. The van der Waals surface area contributed by atoms with Crippen molar-refractivity contribution in [2.75, 3.05) is 6.61 Å². The molecule has 1 aliphatic heterocycles. The van der Waals surface area contributed by atoms with Gasteiger partial charge in [-0.05, 0) is 30.5 Å². The number of fused-ring (bicyclic) bond motifs is 2. The zero-order valence-corrected chi connectivity index (χ0v) is 17.0. The number of H-pyrrole nitrogens is 1. The molecule has 7 heteroatoms. The van der Waals surface area contributed by atoms with Crippen molar-refractivity contribution < 1.29 is 10.1 Å². The van der Waals surface area contributed by atoms with Crippen molar-refractivity contribution in [1.29, 1.82) is 0 Å². The van der Waals surface area contributed by atoms with Gasteiger partial charge in [0.05, 0.1) is 17.6 Å². The number of para-hydroxylation sites is 1. The maximum atomic E-state index is 12.9. The van der Waals surface area contributed by atoms with E-state index in [4.69, 9.17) is 9.72 Å². The summed E-state index contributed by atoms with van der Waals surface area (Å²) in [5, 5.41) is 7.03. The number of ether oxygens (including phenoxy) is 1. The molecule has 0 saturated heterocycles. The predicted octanol–water partition coefficient (Wildman–Crippen LogP) is 3.86. The van der Waals surface area contributed by atoms with E-state index in [1.165, 1.54) is 16.9 Å². The van der Waals surface area contributed by atoms with E-state index in [9.17, 15) is 4.79 Å². The average Bonchev–Trinajstić information content (AvgIpc) is 3.38. The van der Waals surface area contributed by atoms with E-state index >= 15 is 0 Å². The van der Waals surface area contributed by atoms with Gasteiger partial charge < -0.3 is 15.0 Å². The molecule has 1 aliphatic rings. The second-order valence-electron chi connectivity index (χ2n) is 7.02. The molecule has 142 valence electrons. The number of hydrogen-bond donors (Lipinski definition) is 2. The highest BCUT2D eigenvalue weighted by Gasteiger charge is 2.27. The third-order valence-electron chi connectivity index (χ3n) is 5.21. The summed E-state index contributed by atoms with van der Waals surface area (Å²) in [4.78, 5) is 22.6. The molecule has 3 aromatic heterocycles. The van der Waals surface area contributed by atoms with Gasteiger partial charge in [-0.1, -0.05) is 18.2 Å². The van der Waals surface area contributed by atoms with Gasteiger partial charge in [0.25, 0.3) is 5.56 Å². The van der Waals surface area contributed by atoms with Crippen molar-refractivity contribution in [3.8, 4) is 16.2 Å². The monoisotopic (exact) mass is 410 g/mol. The molecule has 0 spiro atoms. The molecular weight excluding hydrogens is 390 g/mol. The van der Waals surface area contributed by atoms with Crippen molar-refractivity contribution in [3.05, 3.63) is 68.9 Å². The lowest BCUT2D eigenvalue weighted by atomic mass is 10.00. The van der Waals surface area contributed by atoms with Crippen molar-refractivity contribution in [3.63, 3.8) is 0 Å². The van der Waals surface area contributed by atoms with Gasteiger partial charge in [0, 0.05) is 22.2 Å². The second kappa shape index (κ2) is 7.16. The van der Waals surface area contributed by atoms with Crippen molar-refractivity contribution in [1.82, 2.24) is 9.97 Å². The summed E-state index contributed by atoms with van der Waals surface area (Å²) in [5.41, 5.74) is 2.13. The molecule has 2 atom stereocenters. The van der Waals surface area contributed by atoms with Crippen LogP contribution in [0.3, 0.4) is 0 Å². The molecular formula is C21H20N3O2S2+. The van der Waals surface area contributed by atoms with Gasteiger partial charge in [-0.2, -0.15) is 0 Å². The van der Waals surface area contributed by atoms with E-state index in [-0.39, 0.29) is 11.6 Å². The summed E-state index contributed by atoms with van der Waals surface area (Å²) in [5.74, 6) is 1.68. The Balaban J connectivity index is 1.46. The Hall–Kier alpha value is -2.48. The first kappa shape index (κ1) is 17.6. The molecule has 4 heterocycles. The van der Waals surface area contributed by atoms with Crippen LogP contribution in [0.25, 0.3) is 20.7 Å². The molecule has 28 heavy (non-hydrogen) atoms. The second-order valence-corrected chi connectivity index (χ2v) is 8.83. The van der Waals surface area contributed by atoms with Gasteiger partial charge in [-0.3, -0.25) is 4.79 Å². The molecule has 1 aromatic carbocycles. The fourth-order valence-corrected chi connectivity index (χ4v) is 5.57. The van der Waals surface area contributed by atoms with E-state index in [1.807, 2.05) is 41.1 Å². The summed E-state index contributed by atoms with van der Waals surface area (Å²) in [7, 11) is 0. The van der Waals surface area contributed by atoms with E-state index in [2.05, 4.69) is 23.3 Å². The number of aromatic amines is 1. The van der Waals surface area contributed by atoms with E-state index in [1.54, 1.807) is 11.3 Å². The SMILES string of the molecule is C[C@@H]([NH2+][C@H]1CCOc2ccccc21)c1nc2scc(-c3cccs3)c2c(=O)[nH]1. The van der Waals surface area contributed by atoms with E-state index in [0.717, 1.165) is 33.3 Å². The van der Waals surface area contributed by atoms with Crippen LogP contribution < -0.4 is 15.6 Å². The van der Waals surface area contributed by atoms with Gasteiger partial charge in [-0.15, -0.1) is 22.7 Å². The summed E-state index contributed by atoms with van der Waals surface area (Å²) in [6.45, 7) is 2.80. The van der Waals surface area contributed by atoms with Crippen LogP contribution >= 0.6 is 22.7 Å². The van der Waals surface area contributed by atoms with E-state index < -0.39 is 0 Å². The van der Waals surface area contributed by atoms with Crippen LogP contribution in [0.15, 0.2) is 52.0 Å². The van der Waals surface area contributed by atoms with Crippen molar-refractivity contribution >= 4 is 32.9 Å². The fourth-order valence-electron chi connectivity index (χ4n) is 3.80. The van der Waals surface area contributed by atoms with Crippen LogP contribution in [0, 0.1) is 0 Å². The molecule has 4 aromatic rings. The number of rotatable bonds is 4. The Morgan fingerprint density at radius 3 is 3.00 bits per heavy atom. The first-order valence-electron chi connectivity index (χ1n) is 9.32. The number of benzene rings is 1. The first-order chi connectivity index (χ1) is 13.7. The highest BCUT2D eigenvalue weighted by Crippen LogP contribution is 2.34. The normalized spacial score (nSPS) is 17.2. The first-order valence-corrected chi connectivity index (χ1v) is 11.1. The number of nitrogens with zero attached hydrogens (tertiary/aromatic N) is 1. The molecule has 3 N–H and O–H groups in total. The van der Waals surface area contributed by atoms with Crippen molar-refractivity contribution in [2.45, 2.75) is 25.4 Å². The zero-order valence-electron chi connectivity index (χ0n) is 15.3. The van der Waals surface area contributed by atoms with Crippen LogP contribution in [0.5, 0.6) is 5.75 Å². The fraction of sp³-hybridized carbons (Fsp3) is 0.238.